The molecule has 5 heteroatoms. The Labute approximate surface area is 92.9 Å². The van der Waals surface area contributed by atoms with E-state index in [4.69, 9.17) is 0 Å². The van der Waals surface area contributed by atoms with E-state index >= 15 is 0 Å². The summed E-state index contributed by atoms with van der Waals surface area (Å²) in [6, 6.07) is 0.521. The molecule has 0 spiro atoms. The maximum Gasteiger partial charge on any atom is 0.213 e. The molecule has 1 rings (SSSR count). The SMILES string of the molecule is CC1CC(NS(=O)(=O)CCNC(C)C)C1. The lowest BCUT2D eigenvalue weighted by Gasteiger charge is -2.32. The zero-order chi connectivity index (χ0) is 11.5. The van der Waals surface area contributed by atoms with E-state index in [0.717, 1.165) is 12.8 Å². The molecule has 4 nitrogen and oxygen atoms in total. The van der Waals surface area contributed by atoms with Gasteiger partial charge in [0.15, 0.2) is 0 Å². The Balaban J connectivity index is 2.20. The first-order valence-electron chi connectivity index (χ1n) is 5.62. The van der Waals surface area contributed by atoms with Crippen molar-refractivity contribution in [1.29, 1.82) is 0 Å². The minimum absolute atomic E-state index is 0.177. The molecule has 0 bridgehead atoms. The molecule has 0 radical (unpaired) electrons. The van der Waals surface area contributed by atoms with E-state index in [1.165, 1.54) is 0 Å². The Morgan fingerprint density at radius 1 is 1.33 bits per heavy atom. The predicted octanol–water partition coefficient (Wildman–Crippen LogP) is 0.702. The van der Waals surface area contributed by atoms with Crippen LogP contribution in [0, 0.1) is 5.92 Å². The fourth-order valence-electron chi connectivity index (χ4n) is 1.79. The molecule has 0 aromatic heterocycles. The highest BCUT2D eigenvalue weighted by Gasteiger charge is 2.28. The van der Waals surface area contributed by atoms with Crippen molar-refractivity contribution in [3.8, 4) is 0 Å². The molecule has 0 aliphatic heterocycles. The second-order valence-corrected chi connectivity index (χ2v) is 6.69. The van der Waals surface area contributed by atoms with Crippen LogP contribution < -0.4 is 10.0 Å². The highest BCUT2D eigenvalue weighted by molar-refractivity contribution is 7.89. The van der Waals surface area contributed by atoms with E-state index in [2.05, 4.69) is 17.0 Å². The Bertz CT molecular complexity index is 282. The lowest BCUT2D eigenvalue weighted by Crippen LogP contribution is -2.45. The first-order chi connectivity index (χ1) is 6.89. The van der Waals surface area contributed by atoms with Crippen LogP contribution in [0.15, 0.2) is 0 Å². The van der Waals surface area contributed by atoms with Crippen molar-refractivity contribution in [2.45, 2.75) is 45.7 Å². The van der Waals surface area contributed by atoms with Crippen LogP contribution in [-0.2, 0) is 10.0 Å². The largest absolute Gasteiger partial charge is 0.313 e. The number of sulfonamides is 1. The summed E-state index contributed by atoms with van der Waals surface area (Å²) in [7, 11) is -3.07. The van der Waals surface area contributed by atoms with Crippen LogP contribution in [0.1, 0.15) is 33.6 Å². The highest BCUT2D eigenvalue weighted by Crippen LogP contribution is 2.26. The van der Waals surface area contributed by atoms with Gasteiger partial charge in [-0.25, -0.2) is 13.1 Å². The number of hydrogen-bond acceptors (Lipinski definition) is 3. The first-order valence-corrected chi connectivity index (χ1v) is 7.27. The second kappa shape index (κ2) is 5.27. The van der Waals surface area contributed by atoms with Gasteiger partial charge in [0, 0.05) is 18.6 Å². The van der Waals surface area contributed by atoms with E-state index < -0.39 is 10.0 Å². The molecule has 0 amide bonds. The summed E-state index contributed by atoms with van der Waals surface area (Å²) in [6.45, 7) is 6.68. The molecule has 1 aliphatic carbocycles. The Morgan fingerprint density at radius 2 is 1.93 bits per heavy atom. The van der Waals surface area contributed by atoms with E-state index in [0.29, 0.717) is 18.5 Å². The molecule has 1 saturated carbocycles. The van der Waals surface area contributed by atoms with Gasteiger partial charge in [-0.15, -0.1) is 0 Å². The smallest absolute Gasteiger partial charge is 0.213 e. The fourth-order valence-corrected chi connectivity index (χ4v) is 3.00. The van der Waals surface area contributed by atoms with E-state index in [1.54, 1.807) is 0 Å². The fraction of sp³-hybridized carbons (Fsp3) is 1.00. The topological polar surface area (TPSA) is 58.2 Å². The summed E-state index contributed by atoms with van der Waals surface area (Å²) in [5, 5.41) is 3.10. The summed E-state index contributed by atoms with van der Waals surface area (Å²) >= 11 is 0. The van der Waals surface area contributed by atoms with Crippen molar-refractivity contribution in [1.82, 2.24) is 10.0 Å². The van der Waals surface area contributed by atoms with Crippen molar-refractivity contribution in [2.24, 2.45) is 5.92 Å². The maximum atomic E-state index is 11.6. The Kier molecular flexibility index (Phi) is 4.55. The molecular weight excluding hydrogens is 212 g/mol. The molecule has 0 unspecified atom stereocenters. The van der Waals surface area contributed by atoms with E-state index in [1.807, 2.05) is 13.8 Å². The van der Waals surface area contributed by atoms with Crippen molar-refractivity contribution in [3.63, 3.8) is 0 Å². The van der Waals surface area contributed by atoms with Gasteiger partial charge in [0.25, 0.3) is 0 Å². The van der Waals surface area contributed by atoms with Crippen LogP contribution in [0.5, 0.6) is 0 Å². The molecule has 90 valence electrons. The average Bonchev–Trinajstić information content (AvgIpc) is 1.99. The molecule has 0 aromatic rings. The normalized spacial score (nSPS) is 26.7. The van der Waals surface area contributed by atoms with Crippen molar-refractivity contribution >= 4 is 10.0 Å². The molecule has 0 atom stereocenters. The van der Waals surface area contributed by atoms with Crippen LogP contribution >= 0.6 is 0 Å². The lowest BCUT2D eigenvalue weighted by atomic mass is 9.83. The van der Waals surface area contributed by atoms with Gasteiger partial charge in [0.2, 0.25) is 10.0 Å². The minimum Gasteiger partial charge on any atom is -0.313 e. The molecule has 0 heterocycles. The van der Waals surface area contributed by atoms with Gasteiger partial charge in [-0.1, -0.05) is 20.8 Å². The van der Waals surface area contributed by atoms with Gasteiger partial charge in [-0.3, -0.25) is 0 Å². The van der Waals surface area contributed by atoms with Crippen molar-refractivity contribution in [2.75, 3.05) is 12.3 Å². The summed E-state index contributed by atoms with van der Waals surface area (Å²) in [4.78, 5) is 0. The van der Waals surface area contributed by atoms with Gasteiger partial charge in [0.05, 0.1) is 5.75 Å². The molecule has 1 aliphatic rings. The molecule has 0 saturated heterocycles. The van der Waals surface area contributed by atoms with Gasteiger partial charge in [-0.05, 0) is 18.8 Å². The number of nitrogens with one attached hydrogen (secondary N) is 2. The lowest BCUT2D eigenvalue weighted by molar-refractivity contribution is 0.270. The third kappa shape index (κ3) is 4.95. The summed E-state index contributed by atoms with van der Waals surface area (Å²) in [5.74, 6) is 0.849. The van der Waals surface area contributed by atoms with Gasteiger partial charge in [-0.2, -0.15) is 0 Å². The minimum atomic E-state index is -3.07. The van der Waals surface area contributed by atoms with Crippen molar-refractivity contribution in [3.05, 3.63) is 0 Å². The van der Waals surface area contributed by atoms with Gasteiger partial charge < -0.3 is 5.32 Å². The number of hydrogen-bond donors (Lipinski definition) is 2. The standard InChI is InChI=1S/C10H22N2O2S/c1-8(2)11-4-5-15(13,14)12-10-6-9(3)7-10/h8-12H,4-7H2,1-3H3. The maximum absolute atomic E-state index is 11.6. The zero-order valence-electron chi connectivity index (χ0n) is 9.79. The van der Waals surface area contributed by atoms with Crippen LogP contribution in [0.25, 0.3) is 0 Å². The molecule has 0 aromatic carbocycles. The van der Waals surface area contributed by atoms with Crippen LogP contribution in [-0.4, -0.2) is 32.8 Å². The third-order valence-electron chi connectivity index (χ3n) is 2.64. The molecule has 1 fully saturated rings. The van der Waals surface area contributed by atoms with Crippen LogP contribution in [0.4, 0.5) is 0 Å². The summed E-state index contributed by atoms with van der Waals surface area (Å²) < 4.78 is 25.9. The van der Waals surface area contributed by atoms with E-state index in [9.17, 15) is 8.42 Å². The highest BCUT2D eigenvalue weighted by atomic mass is 32.2. The first kappa shape index (κ1) is 12.9. The average molecular weight is 234 g/mol. The van der Waals surface area contributed by atoms with Gasteiger partial charge in [0.1, 0.15) is 0 Å². The summed E-state index contributed by atoms with van der Waals surface area (Å²) in [5.41, 5.74) is 0. The zero-order valence-corrected chi connectivity index (χ0v) is 10.6. The van der Waals surface area contributed by atoms with Crippen LogP contribution in [0.3, 0.4) is 0 Å². The summed E-state index contributed by atoms with van der Waals surface area (Å²) in [6.07, 6.45) is 1.97. The Hall–Kier alpha value is -0.130. The quantitative estimate of drug-likeness (QED) is 0.711. The molecule has 15 heavy (non-hydrogen) atoms. The van der Waals surface area contributed by atoms with Gasteiger partial charge >= 0.3 is 0 Å². The Morgan fingerprint density at radius 3 is 2.40 bits per heavy atom. The van der Waals surface area contributed by atoms with Crippen LogP contribution in [0.2, 0.25) is 0 Å². The third-order valence-corrected chi connectivity index (χ3v) is 4.08. The molecular formula is C10H22N2O2S. The number of rotatable bonds is 6. The molecule has 2 N–H and O–H groups in total. The van der Waals surface area contributed by atoms with E-state index in [-0.39, 0.29) is 11.8 Å². The predicted molar refractivity (Wildman–Crippen MR) is 62.2 cm³/mol. The second-order valence-electron chi connectivity index (χ2n) is 4.82. The van der Waals surface area contributed by atoms with Crippen molar-refractivity contribution < 1.29 is 8.42 Å². The monoisotopic (exact) mass is 234 g/mol.